The van der Waals surface area contributed by atoms with E-state index in [1.54, 1.807) is 13.8 Å². The molecular formula is C24H25NO4S. The molecule has 156 valence electrons. The minimum absolute atomic E-state index is 0.224. The van der Waals surface area contributed by atoms with Gasteiger partial charge in [-0.3, -0.25) is 4.79 Å². The van der Waals surface area contributed by atoms with E-state index >= 15 is 0 Å². The average Bonchev–Trinajstić information content (AvgIpc) is 2.77. The molecular weight excluding hydrogens is 398 g/mol. The molecule has 0 saturated carbocycles. The summed E-state index contributed by atoms with van der Waals surface area (Å²) in [4.78, 5) is 12.6. The lowest BCUT2D eigenvalue weighted by Crippen LogP contribution is -2.23. The number of nitrogens with one attached hydrogen (secondary N) is 1. The summed E-state index contributed by atoms with van der Waals surface area (Å²) in [6.07, 6.45) is 0. The molecule has 0 atom stereocenters. The number of rotatable bonds is 8. The van der Waals surface area contributed by atoms with Crippen molar-refractivity contribution in [2.75, 3.05) is 0 Å². The van der Waals surface area contributed by atoms with Crippen molar-refractivity contribution in [3.8, 4) is 5.75 Å². The molecule has 1 N–H and O–H groups in total. The lowest BCUT2D eigenvalue weighted by atomic mass is 10.1. The van der Waals surface area contributed by atoms with Gasteiger partial charge in [-0.25, -0.2) is 8.42 Å². The molecule has 0 heterocycles. The maximum absolute atomic E-state index is 12.4. The van der Waals surface area contributed by atoms with Crippen molar-refractivity contribution in [1.82, 2.24) is 5.32 Å². The zero-order valence-corrected chi connectivity index (χ0v) is 17.9. The SMILES string of the molecule is CC(C)S(=O)(=O)c1ccc(C(=O)NCc2ccc(COc3ccccc3)cc2)cc1. The lowest BCUT2D eigenvalue weighted by molar-refractivity contribution is 0.0951. The van der Waals surface area contributed by atoms with E-state index in [1.165, 1.54) is 24.3 Å². The van der Waals surface area contributed by atoms with Crippen LogP contribution in [0.3, 0.4) is 0 Å². The average molecular weight is 424 g/mol. The van der Waals surface area contributed by atoms with Crippen LogP contribution in [-0.4, -0.2) is 19.6 Å². The maximum Gasteiger partial charge on any atom is 0.251 e. The van der Waals surface area contributed by atoms with Crippen molar-refractivity contribution in [2.24, 2.45) is 0 Å². The Hall–Kier alpha value is -3.12. The first-order chi connectivity index (χ1) is 14.4. The van der Waals surface area contributed by atoms with Crippen molar-refractivity contribution < 1.29 is 17.9 Å². The molecule has 0 radical (unpaired) electrons. The number of carbonyl (C=O) groups is 1. The van der Waals surface area contributed by atoms with Crippen LogP contribution in [-0.2, 0) is 23.0 Å². The highest BCUT2D eigenvalue weighted by Crippen LogP contribution is 2.17. The molecule has 6 heteroatoms. The van der Waals surface area contributed by atoms with Crippen LogP contribution in [0.5, 0.6) is 5.75 Å². The second-order valence-corrected chi connectivity index (χ2v) is 9.72. The van der Waals surface area contributed by atoms with Gasteiger partial charge in [-0.15, -0.1) is 0 Å². The van der Waals surface area contributed by atoms with E-state index in [1.807, 2.05) is 54.6 Å². The molecule has 0 aliphatic rings. The monoisotopic (exact) mass is 423 g/mol. The van der Waals surface area contributed by atoms with Crippen molar-refractivity contribution >= 4 is 15.7 Å². The molecule has 3 rings (SSSR count). The summed E-state index contributed by atoms with van der Waals surface area (Å²) in [5.74, 6) is 0.570. The summed E-state index contributed by atoms with van der Waals surface area (Å²) in [6.45, 7) is 4.12. The van der Waals surface area contributed by atoms with E-state index in [4.69, 9.17) is 4.74 Å². The van der Waals surface area contributed by atoms with Gasteiger partial charge in [0.05, 0.1) is 10.1 Å². The number of para-hydroxylation sites is 1. The number of benzene rings is 3. The molecule has 30 heavy (non-hydrogen) atoms. The predicted molar refractivity (Wildman–Crippen MR) is 117 cm³/mol. The Morgan fingerprint density at radius 2 is 1.47 bits per heavy atom. The number of amides is 1. The van der Waals surface area contributed by atoms with Crippen LogP contribution in [0.25, 0.3) is 0 Å². The highest BCUT2D eigenvalue weighted by atomic mass is 32.2. The van der Waals surface area contributed by atoms with Gasteiger partial charge in [0.2, 0.25) is 0 Å². The minimum atomic E-state index is -3.34. The molecule has 0 saturated heterocycles. The van der Waals surface area contributed by atoms with Gasteiger partial charge in [0, 0.05) is 12.1 Å². The van der Waals surface area contributed by atoms with Gasteiger partial charge in [-0.1, -0.05) is 42.5 Å². The Balaban J connectivity index is 1.53. The lowest BCUT2D eigenvalue weighted by Gasteiger charge is -2.10. The van der Waals surface area contributed by atoms with Crippen LogP contribution in [0.15, 0.2) is 83.8 Å². The second-order valence-electron chi connectivity index (χ2n) is 7.22. The Labute approximate surface area is 177 Å². The van der Waals surface area contributed by atoms with E-state index in [2.05, 4.69) is 5.32 Å². The van der Waals surface area contributed by atoms with Crippen molar-refractivity contribution in [1.29, 1.82) is 0 Å². The van der Waals surface area contributed by atoms with Crippen LogP contribution in [0.2, 0.25) is 0 Å². The van der Waals surface area contributed by atoms with E-state index < -0.39 is 15.1 Å². The normalized spacial score (nSPS) is 11.3. The third kappa shape index (κ3) is 5.48. The van der Waals surface area contributed by atoms with Gasteiger partial charge >= 0.3 is 0 Å². The van der Waals surface area contributed by atoms with Crippen LogP contribution in [0.1, 0.15) is 35.3 Å². The fourth-order valence-corrected chi connectivity index (χ4v) is 3.85. The Morgan fingerprint density at radius 3 is 2.07 bits per heavy atom. The molecule has 5 nitrogen and oxygen atoms in total. The number of ether oxygens (including phenoxy) is 1. The van der Waals surface area contributed by atoms with E-state index in [9.17, 15) is 13.2 Å². The topological polar surface area (TPSA) is 72.5 Å². The first-order valence-electron chi connectivity index (χ1n) is 9.74. The van der Waals surface area contributed by atoms with Crippen LogP contribution < -0.4 is 10.1 Å². The van der Waals surface area contributed by atoms with E-state index in [0.717, 1.165) is 16.9 Å². The molecule has 0 aromatic heterocycles. The molecule has 0 fully saturated rings. The number of hydrogen-bond donors (Lipinski definition) is 1. The highest BCUT2D eigenvalue weighted by Gasteiger charge is 2.19. The third-order valence-electron chi connectivity index (χ3n) is 4.69. The van der Waals surface area contributed by atoms with Gasteiger partial charge in [0.1, 0.15) is 12.4 Å². The molecule has 3 aromatic carbocycles. The predicted octanol–water partition coefficient (Wildman–Crippen LogP) is 4.38. The molecule has 0 unspecified atom stereocenters. The maximum atomic E-state index is 12.4. The summed E-state index contributed by atoms with van der Waals surface area (Å²) in [7, 11) is -3.34. The largest absolute Gasteiger partial charge is 0.489 e. The smallest absolute Gasteiger partial charge is 0.251 e. The minimum Gasteiger partial charge on any atom is -0.489 e. The van der Waals surface area contributed by atoms with Gasteiger partial charge in [0.15, 0.2) is 9.84 Å². The fraction of sp³-hybridized carbons (Fsp3) is 0.208. The second kappa shape index (κ2) is 9.59. The van der Waals surface area contributed by atoms with Crippen molar-refractivity contribution in [3.05, 3.63) is 95.6 Å². The summed E-state index contributed by atoms with van der Waals surface area (Å²) in [5.41, 5.74) is 2.42. The Morgan fingerprint density at radius 1 is 0.867 bits per heavy atom. The van der Waals surface area contributed by atoms with Gasteiger partial charge in [0.25, 0.3) is 5.91 Å². The Kier molecular flexibility index (Phi) is 6.90. The summed E-state index contributed by atoms with van der Waals surface area (Å²) in [5, 5.41) is 2.35. The first kappa shape index (κ1) is 21.6. The van der Waals surface area contributed by atoms with Crippen LogP contribution in [0, 0.1) is 0 Å². The Bertz CT molecular complexity index is 1070. The summed E-state index contributed by atoms with van der Waals surface area (Å²) >= 11 is 0. The zero-order valence-electron chi connectivity index (χ0n) is 17.0. The number of carbonyl (C=O) groups excluding carboxylic acids is 1. The molecule has 0 aliphatic heterocycles. The molecule has 1 amide bonds. The van der Waals surface area contributed by atoms with Crippen LogP contribution in [0.4, 0.5) is 0 Å². The summed E-state index contributed by atoms with van der Waals surface area (Å²) in [6, 6.07) is 23.5. The first-order valence-corrected chi connectivity index (χ1v) is 11.3. The quantitative estimate of drug-likeness (QED) is 0.584. The molecule has 0 bridgehead atoms. The molecule has 0 aliphatic carbocycles. The highest BCUT2D eigenvalue weighted by molar-refractivity contribution is 7.92. The molecule has 3 aromatic rings. The van der Waals surface area contributed by atoms with E-state index in [-0.39, 0.29) is 10.8 Å². The van der Waals surface area contributed by atoms with Crippen molar-refractivity contribution in [3.63, 3.8) is 0 Å². The van der Waals surface area contributed by atoms with E-state index in [0.29, 0.717) is 18.7 Å². The van der Waals surface area contributed by atoms with Crippen molar-refractivity contribution in [2.45, 2.75) is 37.1 Å². The van der Waals surface area contributed by atoms with Gasteiger partial charge < -0.3 is 10.1 Å². The summed E-state index contributed by atoms with van der Waals surface area (Å²) < 4.78 is 30.1. The molecule has 0 spiro atoms. The fourth-order valence-electron chi connectivity index (χ4n) is 2.79. The van der Waals surface area contributed by atoms with Crippen LogP contribution >= 0.6 is 0 Å². The standard InChI is InChI=1S/C24H25NO4S/c1-18(2)30(27,28)23-14-12-21(13-15-23)24(26)25-16-19-8-10-20(11-9-19)17-29-22-6-4-3-5-7-22/h3-15,18H,16-17H2,1-2H3,(H,25,26). The zero-order chi connectivity index (χ0) is 21.6. The number of sulfone groups is 1. The number of hydrogen-bond acceptors (Lipinski definition) is 4. The van der Waals surface area contributed by atoms with Gasteiger partial charge in [-0.2, -0.15) is 0 Å². The van der Waals surface area contributed by atoms with Gasteiger partial charge in [-0.05, 0) is 61.4 Å². The third-order valence-corrected chi connectivity index (χ3v) is 6.86.